The smallest absolute Gasteiger partial charge is 0.222 e. The van der Waals surface area contributed by atoms with Crippen molar-refractivity contribution >= 4 is 17.4 Å². The molecular formula is C19H28N2O3. The lowest BCUT2D eigenvalue weighted by atomic mass is 9.95. The third-order valence-electron chi connectivity index (χ3n) is 4.68. The monoisotopic (exact) mass is 332 g/mol. The minimum atomic E-state index is 0.0702. The van der Waals surface area contributed by atoms with E-state index in [-0.39, 0.29) is 23.7 Å². The van der Waals surface area contributed by atoms with Crippen molar-refractivity contribution < 1.29 is 14.3 Å². The van der Waals surface area contributed by atoms with Crippen LogP contribution in [0.15, 0.2) is 12.1 Å². The summed E-state index contributed by atoms with van der Waals surface area (Å²) in [5.41, 5.74) is 8.15. The molecule has 0 heterocycles. The van der Waals surface area contributed by atoms with Crippen molar-refractivity contribution in [2.24, 2.45) is 0 Å². The summed E-state index contributed by atoms with van der Waals surface area (Å²) in [5, 5.41) is 0. The number of rotatable bonds is 8. The van der Waals surface area contributed by atoms with E-state index in [1.807, 2.05) is 31.9 Å². The third-order valence-corrected chi connectivity index (χ3v) is 4.68. The van der Waals surface area contributed by atoms with Gasteiger partial charge in [0, 0.05) is 49.2 Å². The Bertz CT molecular complexity index is 627. The Morgan fingerprint density at radius 1 is 1.25 bits per heavy atom. The van der Waals surface area contributed by atoms with Crippen LogP contribution in [0.25, 0.3) is 0 Å². The van der Waals surface area contributed by atoms with Gasteiger partial charge in [-0.1, -0.05) is 13.8 Å². The molecule has 2 rings (SSSR count). The fraction of sp³-hybridized carbons (Fsp3) is 0.579. The number of carbonyl (C=O) groups excluding carboxylic acids is 2. The molecule has 1 saturated carbocycles. The molecule has 132 valence electrons. The van der Waals surface area contributed by atoms with Gasteiger partial charge in [0.2, 0.25) is 5.91 Å². The van der Waals surface area contributed by atoms with Crippen molar-refractivity contribution in [1.29, 1.82) is 0 Å². The van der Waals surface area contributed by atoms with Crippen LogP contribution in [0.2, 0.25) is 0 Å². The van der Waals surface area contributed by atoms with Crippen LogP contribution in [0.1, 0.15) is 67.8 Å². The van der Waals surface area contributed by atoms with Crippen LogP contribution in [0.4, 0.5) is 5.69 Å². The van der Waals surface area contributed by atoms with Gasteiger partial charge in [0.15, 0.2) is 5.78 Å². The Morgan fingerprint density at radius 2 is 1.92 bits per heavy atom. The lowest BCUT2D eigenvalue weighted by molar-refractivity contribution is -0.130. The molecule has 0 aromatic heterocycles. The quantitative estimate of drug-likeness (QED) is 0.585. The van der Waals surface area contributed by atoms with Gasteiger partial charge >= 0.3 is 0 Å². The summed E-state index contributed by atoms with van der Waals surface area (Å²) in [7, 11) is 3.44. The Kier molecular flexibility index (Phi) is 5.86. The minimum Gasteiger partial charge on any atom is -0.497 e. The van der Waals surface area contributed by atoms with E-state index < -0.39 is 0 Å². The van der Waals surface area contributed by atoms with Crippen LogP contribution in [0.5, 0.6) is 5.75 Å². The van der Waals surface area contributed by atoms with Crippen LogP contribution in [0, 0.1) is 0 Å². The highest BCUT2D eigenvalue weighted by atomic mass is 16.5. The number of anilines is 1. The Labute approximate surface area is 144 Å². The number of hydrogen-bond acceptors (Lipinski definition) is 4. The third kappa shape index (κ3) is 3.71. The maximum absolute atomic E-state index is 12.5. The molecule has 2 atom stereocenters. The minimum absolute atomic E-state index is 0.0702. The van der Waals surface area contributed by atoms with Gasteiger partial charge in [-0.05, 0) is 30.9 Å². The fourth-order valence-corrected chi connectivity index (χ4v) is 3.26. The Morgan fingerprint density at radius 3 is 2.50 bits per heavy atom. The molecule has 24 heavy (non-hydrogen) atoms. The summed E-state index contributed by atoms with van der Waals surface area (Å²) in [4.78, 5) is 26.5. The van der Waals surface area contributed by atoms with E-state index in [0.717, 1.165) is 24.8 Å². The van der Waals surface area contributed by atoms with E-state index in [2.05, 4.69) is 0 Å². The molecule has 5 nitrogen and oxygen atoms in total. The van der Waals surface area contributed by atoms with Gasteiger partial charge in [-0.15, -0.1) is 0 Å². The second kappa shape index (κ2) is 7.69. The van der Waals surface area contributed by atoms with Gasteiger partial charge in [0.05, 0.1) is 7.11 Å². The average Bonchev–Trinajstić information content (AvgIpc) is 3.34. The number of nitrogens with zero attached hydrogens (tertiary/aromatic N) is 1. The number of likely N-dealkylation sites (N-methyl/N-ethyl adjacent to an activating group) is 1. The van der Waals surface area contributed by atoms with E-state index in [4.69, 9.17) is 10.5 Å². The van der Waals surface area contributed by atoms with Crippen molar-refractivity contribution in [1.82, 2.24) is 4.90 Å². The Hall–Kier alpha value is -2.04. The van der Waals surface area contributed by atoms with Crippen LogP contribution in [-0.4, -0.2) is 36.8 Å². The number of methoxy groups -OCH3 is 1. The predicted octanol–water partition coefficient (Wildman–Crippen LogP) is 3.37. The van der Waals surface area contributed by atoms with Crippen LogP contribution in [0.3, 0.4) is 0 Å². The number of ketones is 1. The first-order valence-corrected chi connectivity index (χ1v) is 8.70. The average molecular weight is 332 g/mol. The molecule has 1 aromatic carbocycles. The second-order valence-electron chi connectivity index (χ2n) is 6.52. The molecule has 0 saturated heterocycles. The number of nitrogens with two attached hydrogens (primary N) is 1. The summed E-state index contributed by atoms with van der Waals surface area (Å²) in [6.45, 7) is 3.98. The lowest BCUT2D eigenvalue weighted by Crippen LogP contribution is -2.29. The number of carbonyl (C=O) groups is 2. The van der Waals surface area contributed by atoms with Gasteiger partial charge in [-0.25, -0.2) is 0 Å². The zero-order valence-electron chi connectivity index (χ0n) is 15.1. The number of amides is 1. The summed E-state index contributed by atoms with van der Waals surface area (Å²) in [5.74, 6) is 1.04. The number of nitrogen functional groups attached to an aromatic ring is 1. The topological polar surface area (TPSA) is 72.6 Å². The molecular weight excluding hydrogens is 304 g/mol. The number of hydrogen-bond donors (Lipinski definition) is 1. The highest BCUT2D eigenvalue weighted by Gasteiger charge is 2.45. The molecule has 1 aromatic rings. The zero-order valence-corrected chi connectivity index (χ0v) is 15.1. The molecule has 0 bridgehead atoms. The molecule has 0 spiro atoms. The standard InChI is InChI=1S/C19H28N2O3/c1-5-7-17(22)19-14(9-12(24-4)10-15(19)20)13-11-16(13)21(3)18(23)8-6-2/h9-10,13,16H,5-8,11,20H2,1-4H3. The van der Waals surface area contributed by atoms with E-state index in [1.54, 1.807) is 13.2 Å². The SMILES string of the molecule is CCCC(=O)c1c(N)cc(OC)cc1C1CC1N(C)C(=O)CCC. The van der Waals surface area contributed by atoms with E-state index in [9.17, 15) is 9.59 Å². The first kappa shape index (κ1) is 18.3. The predicted molar refractivity (Wildman–Crippen MR) is 95.5 cm³/mol. The van der Waals surface area contributed by atoms with Crippen molar-refractivity contribution in [2.45, 2.75) is 57.9 Å². The summed E-state index contributed by atoms with van der Waals surface area (Å²) < 4.78 is 5.32. The van der Waals surface area contributed by atoms with Crippen molar-refractivity contribution in [3.8, 4) is 5.75 Å². The van der Waals surface area contributed by atoms with Crippen molar-refractivity contribution in [3.05, 3.63) is 23.3 Å². The molecule has 1 aliphatic carbocycles. The molecule has 1 amide bonds. The van der Waals surface area contributed by atoms with E-state index in [0.29, 0.717) is 29.8 Å². The van der Waals surface area contributed by atoms with Gasteiger partial charge in [-0.3, -0.25) is 9.59 Å². The zero-order chi connectivity index (χ0) is 17.9. The summed E-state index contributed by atoms with van der Waals surface area (Å²) in [6.07, 6.45) is 3.53. The fourth-order valence-electron chi connectivity index (χ4n) is 3.26. The largest absolute Gasteiger partial charge is 0.497 e. The number of ether oxygens (including phenoxy) is 1. The van der Waals surface area contributed by atoms with Crippen LogP contribution in [-0.2, 0) is 4.79 Å². The normalized spacial score (nSPS) is 19.0. The van der Waals surface area contributed by atoms with Gasteiger partial charge in [-0.2, -0.15) is 0 Å². The number of benzene rings is 1. The first-order valence-electron chi connectivity index (χ1n) is 8.70. The second-order valence-corrected chi connectivity index (χ2v) is 6.52. The number of Topliss-reactive ketones (excluding diaryl/α,β-unsaturated/α-hetero) is 1. The molecule has 0 aliphatic heterocycles. The highest BCUT2D eigenvalue weighted by molar-refractivity contribution is 6.02. The molecule has 2 N–H and O–H groups in total. The van der Waals surface area contributed by atoms with Gasteiger partial charge in [0.1, 0.15) is 5.75 Å². The van der Waals surface area contributed by atoms with E-state index >= 15 is 0 Å². The van der Waals surface area contributed by atoms with Gasteiger partial charge in [0.25, 0.3) is 0 Å². The summed E-state index contributed by atoms with van der Waals surface area (Å²) >= 11 is 0. The Balaban J connectivity index is 2.31. The summed E-state index contributed by atoms with van der Waals surface area (Å²) in [6, 6.07) is 3.75. The molecule has 1 aliphatic rings. The highest BCUT2D eigenvalue weighted by Crippen LogP contribution is 2.48. The molecule has 0 radical (unpaired) electrons. The maximum atomic E-state index is 12.5. The van der Waals surface area contributed by atoms with Crippen molar-refractivity contribution in [2.75, 3.05) is 19.9 Å². The maximum Gasteiger partial charge on any atom is 0.222 e. The molecule has 2 unspecified atom stereocenters. The van der Waals surface area contributed by atoms with E-state index in [1.165, 1.54) is 0 Å². The first-order chi connectivity index (χ1) is 11.4. The lowest BCUT2D eigenvalue weighted by Gasteiger charge is -2.19. The van der Waals surface area contributed by atoms with Crippen LogP contribution >= 0.6 is 0 Å². The van der Waals surface area contributed by atoms with Crippen LogP contribution < -0.4 is 10.5 Å². The van der Waals surface area contributed by atoms with Crippen molar-refractivity contribution in [3.63, 3.8) is 0 Å². The molecule has 5 heteroatoms. The molecule has 1 fully saturated rings. The van der Waals surface area contributed by atoms with Gasteiger partial charge < -0.3 is 15.4 Å².